The van der Waals surface area contributed by atoms with Crippen molar-refractivity contribution in [3.8, 4) is 58.0 Å². The van der Waals surface area contributed by atoms with Gasteiger partial charge < -0.3 is 105 Å². The number of aliphatic hydroxyl groups is 9. The van der Waals surface area contributed by atoms with E-state index in [1.54, 1.807) is 18.3 Å². The largest absolute Gasteiger partial charge is 0.507 e. The topological polar surface area (TPSA) is 421 Å². The first kappa shape index (κ1) is 60.7. The Morgan fingerprint density at radius 3 is 2.41 bits per heavy atom. The molecule has 466 valence electrons. The molecule has 0 amide bonds. The number of carboxylic acid groups (broad SMARTS) is 1. The van der Waals surface area contributed by atoms with Gasteiger partial charge in [0.05, 0.1) is 12.6 Å². The molecule has 3 saturated heterocycles. The number of H-pyrrole nitrogens is 1. The second-order valence-corrected chi connectivity index (χ2v) is 24.4. The first-order valence-corrected chi connectivity index (χ1v) is 29.2. The monoisotopic (exact) mass is 1220 g/mol. The number of carboxylic acids is 1. The summed E-state index contributed by atoms with van der Waals surface area (Å²) in [5.74, 6) is -9.76. The van der Waals surface area contributed by atoms with Gasteiger partial charge in [-0.05, 0) is 78.8 Å². The normalized spacial score (nSPS) is 33.4. The second kappa shape index (κ2) is 22.2. The zero-order valence-corrected chi connectivity index (χ0v) is 47.5. The Hall–Kier alpha value is -7.60. The maximum absolute atomic E-state index is 16.2. The second-order valence-electron chi connectivity index (χ2n) is 24.4. The first-order chi connectivity index (χ1) is 41.9. The molecule has 88 heavy (non-hydrogen) atoms. The summed E-state index contributed by atoms with van der Waals surface area (Å²) >= 11 is 0. The number of aldehydes is 1. The number of aromatic amines is 1. The van der Waals surface area contributed by atoms with Crippen molar-refractivity contribution < 1.29 is 104 Å². The number of rotatable bonds is 12. The lowest BCUT2D eigenvalue weighted by molar-refractivity contribution is -0.434. The van der Waals surface area contributed by atoms with Crippen LogP contribution in [0.4, 0.5) is 0 Å². The number of aromatic hydroxyl groups is 3. The number of phenolic OH excluding ortho intramolecular Hbond substituents is 3. The van der Waals surface area contributed by atoms with Gasteiger partial charge in [-0.25, -0.2) is 9.59 Å². The van der Waals surface area contributed by atoms with E-state index in [9.17, 15) is 80.8 Å². The Labute approximate surface area is 501 Å². The molecule has 4 aromatic rings. The van der Waals surface area contributed by atoms with Crippen molar-refractivity contribution in [1.29, 1.82) is 0 Å². The SMILES string of the molecule is C[C@@H]1CCNC2NC(CC3CCCC3)=C([C@H]3C=C4Cc5[nH]ccc5C#CC[C@]5(O)[C@H](O)[C@@H](O)[C@@]4(Oc4cc6oc(-c7cc(O)c(O)c(CCO)c7)cc(=O)c6c(O)c43)O[C@@]53CC#C[C@]4(C(=O)O)O[C@](C[C@H](CO)CC=O)(OC3=O)[C@H](O)[C@@H](O)C4(O)O)C=C21. The van der Waals surface area contributed by atoms with Crippen LogP contribution in [0.2, 0.25) is 0 Å². The van der Waals surface area contributed by atoms with Crippen LogP contribution in [0.5, 0.6) is 23.0 Å². The molecular weight excluding hydrogens is 1150 g/mol. The van der Waals surface area contributed by atoms with Crippen molar-refractivity contribution in [2.75, 3.05) is 19.8 Å². The highest BCUT2D eigenvalue weighted by Gasteiger charge is 2.78. The Balaban J connectivity index is 1.17. The van der Waals surface area contributed by atoms with Gasteiger partial charge in [-0.1, -0.05) is 62.5 Å². The van der Waals surface area contributed by atoms with Gasteiger partial charge in [0.15, 0.2) is 29.1 Å². The average molecular weight is 1220 g/mol. The summed E-state index contributed by atoms with van der Waals surface area (Å²) in [7, 11) is 0. The quantitative estimate of drug-likeness (QED) is 0.0230. The predicted octanol–water partition coefficient (Wildman–Crippen LogP) is 0.568. The van der Waals surface area contributed by atoms with E-state index in [0.29, 0.717) is 30.5 Å². The predicted molar refractivity (Wildman–Crippen MR) is 303 cm³/mol. The third-order valence-electron chi connectivity index (χ3n) is 19.1. The molecule has 25 heteroatoms. The van der Waals surface area contributed by atoms with Crippen LogP contribution in [0.15, 0.2) is 80.3 Å². The number of phenols is 3. The number of ether oxygens (including phenoxy) is 4. The summed E-state index contributed by atoms with van der Waals surface area (Å²) in [5.41, 5.74) is -9.16. The first-order valence-electron chi connectivity index (χ1n) is 29.2. The molecular formula is C63H67N3O22. The molecule has 16 N–H and O–H groups in total. The van der Waals surface area contributed by atoms with Gasteiger partial charge in [0.2, 0.25) is 17.2 Å². The molecule has 13 atom stereocenters. The van der Waals surface area contributed by atoms with Crippen LogP contribution in [0, 0.1) is 41.4 Å². The fraction of sp³-hybridized carbons (Fsp3) is 0.492. The highest BCUT2D eigenvalue weighted by molar-refractivity contribution is 5.90. The number of benzene rings is 2. The summed E-state index contributed by atoms with van der Waals surface area (Å²) in [6.07, 6.45) is -5.79. The molecule has 4 bridgehead atoms. The summed E-state index contributed by atoms with van der Waals surface area (Å²) in [6, 6.07) is 6.28. The van der Waals surface area contributed by atoms with Gasteiger partial charge in [0.25, 0.3) is 11.4 Å². The molecule has 0 radical (unpaired) electrons. The number of fused-ring (bicyclic) bond motifs is 7. The molecule has 13 rings (SSSR count). The summed E-state index contributed by atoms with van der Waals surface area (Å²) < 4.78 is 32.6. The summed E-state index contributed by atoms with van der Waals surface area (Å²) in [4.78, 5) is 59.7. The third kappa shape index (κ3) is 9.24. The van der Waals surface area contributed by atoms with Crippen molar-refractivity contribution in [3.63, 3.8) is 0 Å². The van der Waals surface area contributed by atoms with Gasteiger partial charge in [0, 0.05) is 102 Å². The van der Waals surface area contributed by atoms with E-state index in [1.807, 2.05) is 6.08 Å². The van der Waals surface area contributed by atoms with E-state index in [1.165, 1.54) is 12.1 Å². The number of aliphatic carboxylic acids is 1. The molecule has 2 aliphatic carbocycles. The van der Waals surface area contributed by atoms with Crippen LogP contribution in [0.1, 0.15) is 99.4 Å². The molecule has 1 saturated carbocycles. The fourth-order valence-corrected chi connectivity index (χ4v) is 14.2. The molecule has 2 aromatic carbocycles. The van der Waals surface area contributed by atoms with E-state index < -0.39 is 167 Å². The standard InChI is InChI=1S/C63H67N3O22/c1-30-9-16-65-55-37(30)25-38(41(66-55)20-31-6-2-3-7-31)39-23-36-24-40-33(10-17-64-40)8-4-13-58(81)51(74)53(76)62(36,85-46-27-45-48(50(73)47(39)46)42(70)26-44(84-45)35-21-34(12-19-68)49(72)43(71)22-35)88-60(58)15-5-14-59(56(78)79)63(82,83)54(77)52(75)61(87-59,86-57(60)80)28-32(29-69)11-18-67/h10,17-18,21-23,25-27,30-32,39,51-55,64-66,68-69,71-77,81-83H,2-3,6-7,9,11-13,15-16,19-20,24,28-29H2,1H3,(H,78,79)/t30-,32-,39-,51-,52-,53-,54-,55?,58+,59-,60-,61+,62+/m1/s1. The number of carbonyl (C=O) groups excluding carboxylic acids is 2. The molecule has 9 aliphatic rings. The lowest BCUT2D eigenvalue weighted by atomic mass is 9.67. The third-order valence-corrected chi connectivity index (χ3v) is 19.1. The number of aliphatic hydroxyl groups excluding tert-OH is 6. The van der Waals surface area contributed by atoms with Gasteiger partial charge in [0.1, 0.15) is 52.3 Å². The zero-order chi connectivity index (χ0) is 62.6. The maximum atomic E-state index is 16.2. The van der Waals surface area contributed by atoms with Gasteiger partial charge in [-0.2, -0.15) is 0 Å². The zero-order valence-electron chi connectivity index (χ0n) is 47.5. The number of hydrogen-bond donors (Lipinski definition) is 16. The molecule has 2 aromatic heterocycles. The number of allylic oxidation sites excluding steroid dienone is 4. The van der Waals surface area contributed by atoms with Crippen LogP contribution >= 0.6 is 0 Å². The van der Waals surface area contributed by atoms with Crippen molar-refractivity contribution in [1.82, 2.24) is 15.6 Å². The number of aromatic nitrogens is 1. The average Bonchev–Trinajstić information content (AvgIpc) is 1.36. The van der Waals surface area contributed by atoms with Gasteiger partial charge >= 0.3 is 11.9 Å². The van der Waals surface area contributed by atoms with E-state index in [0.717, 1.165) is 55.5 Å². The van der Waals surface area contributed by atoms with Crippen molar-refractivity contribution >= 4 is 29.2 Å². The van der Waals surface area contributed by atoms with Gasteiger partial charge in [-0.15, -0.1) is 0 Å². The van der Waals surface area contributed by atoms with Gasteiger partial charge in [-0.3, -0.25) is 10.1 Å². The van der Waals surface area contributed by atoms with E-state index in [-0.39, 0.29) is 58.0 Å². The lowest BCUT2D eigenvalue weighted by Crippen LogP contribution is -2.81. The molecule has 2 spiro atoms. The van der Waals surface area contributed by atoms with E-state index in [4.69, 9.17) is 23.4 Å². The smallest absolute Gasteiger partial charge is 0.354 e. The van der Waals surface area contributed by atoms with E-state index >= 15 is 4.79 Å². The summed E-state index contributed by atoms with van der Waals surface area (Å²) in [6.45, 7) is 1.34. The number of piperidine rings is 1. The number of nitrogens with one attached hydrogen (secondary N) is 3. The van der Waals surface area contributed by atoms with Crippen LogP contribution in [-0.2, 0) is 41.4 Å². The molecule has 4 fully saturated rings. The number of dihydropyridines is 1. The van der Waals surface area contributed by atoms with Crippen LogP contribution in [0.3, 0.4) is 0 Å². The van der Waals surface area contributed by atoms with Crippen molar-refractivity contribution in [2.45, 2.75) is 155 Å². The minimum atomic E-state index is -4.07. The highest BCUT2D eigenvalue weighted by Crippen LogP contribution is 2.58. The number of carbonyl (C=O) groups is 3. The van der Waals surface area contributed by atoms with Crippen LogP contribution in [-0.4, -0.2) is 174 Å². The molecule has 1 unspecified atom stereocenters. The minimum absolute atomic E-state index is 0.0149. The Morgan fingerprint density at radius 1 is 0.909 bits per heavy atom. The molecule has 7 aliphatic heterocycles. The minimum Gasteiger partial charge on any atom is -0.507 e. The van der Waals surface area contributed by atoms with Crippen molar-refractivity contribution in [3.05, 3.63) is 104 Å². The Bertz CT molecular complexity index is 3840. The maximum Gasteiger partial charge on any atom is 0.354 e. The molecule has 25 nitrogen and oxygen atoms in total. The molecule has 9 heterocycles. The van der Waals surface area contributed by atoms with E-state index in [2.05, 4.69) is 46.2 Å². The fourth-order valence-electron chi connectivity index (χ4n) is 14.2. The number of esters is 1. The Kier molecular flexibility index (Phi) is 15.3. The lowest BCUT2D eigenvalue weighted by Gasteiger charge is -2.58. The highest BCUT2D eigenvalue weighted by atomic mass is 16.8. The van der Waals surface area contributed by atoms with Crippen LogP contribution in [0.25, 0.3) is 22.3 Å². The van der Waals surface area contributed by atoms with Crippen LogP contribution < -0.4 is 20.8 Å². The Morgan fingerprint density at radius 2 is 1.68 bits per heavy atom. The number of hydrogen-bond acceptors (Lipinski definition) is 23. The summed E-state index contributed by atoms with van der Waals surface area (Å²) in [5, 5.41) is 159. The van der Waals surface area contributed by atoms with Crippen molar-refractivity contribution in [2.24, 2.45) is 17.8 Å².